The molecule has 0 aliphatic carbocycles. The van der Waals surface area contributed by atoms with Crippen LogP contribution in [0.15, 0.2) is 0 Å². The molecule has 4 heteroatoms. The molecule has 1 heterocycles. The standard InChI is InChI=1S/C13H27N3O/c1-4-13(14,5-2)12(17)15-9-11-7-8-16(6-3)10-11/h11H,4-10,14H2,1-3H3,(H,15,17). The summed E-state index contributed by atoms with van der Waals surface area (Å²) in [5.41, 5.74) is 5.38. The van der Waals surface area contributed by atoms with Gasteiger partial charge in [0, 0.05) is 13.1 Å². The first-order valence-corrected chi connectivity index (χ1v) is 6.85. The lowest BCUT2D eigenvalue weighted by molar-refractivity contribution is -0.126. The first kappa shape index (κ1) is 14.5. The lowest BCUT2D eigenvalue weighted by Crippen LogP contribution is -2.54. The fourth-order valence-corrected chi connectivity index (χ4v) is 2.35. The van der Waals surface area contributed by atoms with E-state index < -0.39 is 5.54 Å². The maximum absolute atomic E-state index is 12.0. The van der Waals surface area contributed by atoms with E-state index in [1.54, 1.807) is 0 Å². The van der Waals surface area contributed by atoms with Gasteiger partial charge in [-0.1, -0.05) is 20.8 Å². The van der Waals surface area contributed by atoms with Crippen molar-refractivity contribution in [3.63, 3.8) is 0 Å². The van der Waals surface area contributed by atoms with Gasteiger partial charge in [-0.15, -0.1) is 0 Å². The number of amides is 1. The number of hydrogen-bond donors (Lipinski definition) is 2. The number of carbonyl (C=O) groups is 1. The van der Waals surface area contributed by atoms with Crippen molar-refractivity contribution in [1.82, 2.24) is 10.2 Å². The number of rotatable bonds is 6. The van der Waals surface area contributed by atoms with Gasteiger partial charge in [-0.3, -0.25) is 4.79 Å². The van der Waals surface area contributed by atoms with Gasteiger partial charge in [-0.2, -0.15) is 0 Å². The van der Waals surface area contributed by atoms with E-state index in [1.165, 1.54) is 6.42 Å². The Labute approximate surface area is 105 Å². The summed E-state index contributed by atoms with van der Waals surface area (Å²) in [6.07, 6.45) is 2.58. The van der Waals surface area contributed by atoms with Gasteiger partial charge in [-0.25, -0.2) is 0 Å². The first-order chi connectivity index (χ1) is 8.05. The number of nitrogens with zero attached hydrogens (tertiary/aromatic N) is 1. The van der Waals surface area contributed by atoms with Gasteiger partial charge in [0.25, 0.3) is 0 Å². The highest BCUT2D eigenvalue weighted by atomic mass is 16.2. The van der Waals surface area contributed by atoms with E-state index in [2.05, 4.69) is 17.1 Å². The Morgan fingerprint density at radius 3 is 2.53 bits per heavy atom. The van der Waals surface area contributed by atoms with Gasteiger partial charge in [-0.05, 0) is 38.3 Å². The quantitative estimate of drug-likeness (QED) is 0.728. The van der Waals surface area contributed by atoms with Crippen molar-refractivity contribution in [3.05, 3.63) is 0 Å². The van der Waals surface area contributed by atoms with Crippen LogP contribution in [0.25, 0.3) is 0 Å². The van der Waals surface area contributed by atoms with Crippen LogP contribution in [0.2, 0.25) is 0 Å². The lowest BCUT2D eigenvalue weighted by Gasteiger charge is -2.26. The molecule has 1 saturated heterocycles. The van der Waals surface area contributed by atoms with Crippen LogP contribution in [-0.2, 0) is 4.79 Å². The Morgan fingerprint density at radius 1 is 1.41 bits per heavy atom. The van der Waals surface area contributed by atoms with E-state index in [-0.39, 0.29) is 5.91 Å². The van der Waals surface area contributed by atoms with E-state index in [9.17, 15) is 4.79 Å². The first-order valence-electron chi connectivity index (χ1n) is 6.85. The van der Waals surface area contributed by atoms with Crippen LogP contribution in [0, 0.1) is 5.92 Å². The van der Waals surface area contributed by atoms with Crippen molar-refractivity contribution < 1.29 is 4.79 Å². The second-order valence-corrected chi connectivity index (χ2v) is 5.12. The monoisotopic (exact) mass is 241 g/mol. The highest BCUT2D eigenvalue weighted by Gasteiger charge is 2.30. The molecule has 0 aromatic rings. The van der Waals surface area contributed by atoms with Gasteiger partial charge in [0.1, 0.15) is 0 Å². The maximum Gasteiger partial charge on any atom is 0.240 e. The van der Waals surface area contributed by atoms with Gasteiger partial charge >= 0.3 is 0 Å². The Bertz CT molecular complexity index is 251. The molecule has 4 nitrogen and oxygen atoms in total. The predicted molar refractivity (Wildman–Crippen MR) is 70.7 cm³/mol. The largest absolute Gasteiger partial charge is 0.354 e. The minimum Gasteiger partial charge on any atom is -0.354 e. The number of nitrogens with one attached hydrogen (secondary N) is 1. The predicted octanol–water partition coefficient (Wildman–Crippen LogP) is 0.962. The van der Waals surface area contributed by atoms with Crippen molar-refractivity contribution in [2.75, 3.05) is 26.2 Å². The Hall–Kier alpha value is -0.610. The molecule has 1 aliphatic rings. The zero-order valence-electron chi connectivity index (χ0n) is 11.5. The van der Waals surface area contributed by atoms with E-state index in [1.807, 2.05) is 13.8 Å². The Morgan fingerprint density at radius 2 is 2.06 bits per heavy atom. The molecule has 1 aliphatic heterocycles. The van der Waals surface area contributed by atoms with Crippen LogP contribution >= 0.6 is 0 Å². The van der Waals surface area contributed by atoms with Crippen LogP contribution < -0.4 is 11.1 Å². The van der Waals surface area contributed by atoms with Crippen LogP contribution in [0.4, 0.5) is 0 Å². The number of nitrogens with two attached hydrogens (primary N) is 1. The minimum absolute atomic E-state index is 0.0115. The zero-order chi connectivity index (χ0) is 12.9. The van der Waals surface area contributed by atoms with Crippen molar-refractivity contribution in [3.8, 4) is 0 Å². The van der Waals surface area contributed by atoms with Crippen molar-refractivity contribution in [2.45, 2.75) is 45.6 Å². The van der Waals surface area contributed by atoms with Gasteiger partial charge < -0.3 is 16.0 Å². The van der Waals surface area contributed by atoms with E-state index in [4.69, 9.17) is 5.73 Å². The second-order valence-electron chi connectivity index (χ2n) is 5.12. The van der Waals surface area contributed by atoms with Crippen LogP contribution in [0.3, 0.4) is 0 Å². The molecule has 0 radical (unpaired) electrons. The molecule has 17 heavy (non-hydrogen) atoms. The molecule has 3 N–H and O–H groups in total. The summed E-state index contributed by atoms with van der Waals surface area (Å²) >= 11 is 0. The number of hydrogen-bond acceptors (Lipinski definition) is 3. The van der Waals surface area contributed by atoms with Crippen molar-refractivity contribution in [1.29, 1.82) is 0 Å². The summed E-state index contributed by atoms with van der Waals surface area (Å²) < 4.78 is 0. The fourth-order valence-electron chi connectivity index (χ4n) is 2.35. The SMILES string of the molecule is CCN1CCC(CNC(=O)C(N)(CC)CC)C1. The Kier molecular flexibility index (Phi) is 5.40. The van der Waals surface area contributed by atoms with Crippen molar-refractivity contribution >= 4 is 5.91 Å². The molecular weight excluding hydrogens is 214 g/mol. The molecule has 1 unspecified atom stereocenters. The average molecular weight is 241 g/mol. The van der Waals surface area contributed by atoms with E-state index >= 15 is 0 Å². The third-order valence-corrected chi connectivity index (χ3v) is 4.08. The molecule has 0 saturated carbocycles. The van der Waals surface area contributed by atoms with Crippen LogP contribution in [-0.4, -0.2) is 42.5 Å². The van der Waals surface area contributed by atoms with Crippen LogP contribution in [0.5, 0.6) is 0 Å². The average Bonchev–Trinajstić information content (AvgIpc) is 2.82. The molecular formula is C13H27N3O. The summed E-state index contributed by atoms with van der Waals surface area (Å²) in [5, 5.41) is 3.02. The van der Waals surface area contributed by atoms with E-state index in [0.29, 0.717) is 18.8 Å². The van der Waals surface area contributed by atoms with Gasteiger partial charge in [0.05, 0.1) is 5.54 Å². The topological polar surface area (TPSA) is 58.4 Å². The molecule has 0 aromatic carbocycles. The summed E-state index contributed by atoms with van der Waals surface area (Å²) in [6, 6.07) is 0. The van der Waals surface area contributed by atoms with Gasteiger partial charge in [0.2, 0.25) is 5.91 Å². The zero-order valence-corrected chi connectivity index (χ0v) is 11.5. The summed E-state index contributed by atoms with van der Waals surface area (Å²) in [4.78, 5) is 14.4. The molecule has 100 valence electrons. The maximum atomic E-state index is 12.0. The van der Waals surface area contributed by atoms with Crippen molar-refractivity contribution in [2.24, 2.45) is 11.7 Å². The lowest BCUT2D eigenvalue weighted by atomic mass is 9.93. The Balaban J connectivity index is 2.34. The summed E-state index contributed by atoms with van der Waals surface area (Å²) in [5.74, 6) is 0.606. The fraction of sp³-hybridized carbons (Fsp3) is 0.923. The molecule has 1 rings (SSSR count). The number of carbonyl (C=O) groups excluding carboxylic acids is 1. The molecule has 0 aromatic heterocycles. The number of likely N-dealkylation sites (tertiary alicyclic amines) is 1. The molecule has 1 atom stereocenters. The third kappa shape index (κ3) is 3.68. The highest BCUT2D eigenvalue weighted by Crippen LogP contribution is 2.16. The van der Waals surface area contributed by atoms with E-state index in [0.717, 1.165) is 26.2 Å². The smallest absolute Gasteiger partial charge is 0.240 e. The second kappa shape index (κ2) is 6.36. The summed E-state index contributed by atoms with van der Waals surface area (Å²) in [6.45, 7) is 10.3. The molecule has 0 bridgehead atoms. The third-order valence-electron chi connectivity index (χ3n) is 4.08. The molecule has 0 spiro atoms. The van der Waals surface area contributed by atoms with Crippen LogP contribution in [0.1, 0.15) is 40.0 Å². The highest BCUT2D eigenvalue weighted by molar-refractivity contribution is 5.85. The minimum atomic E-state index is -0.678. The van der Waals surface area contributed by atoms with Gasteiger partial charge in [0.15, 0.2) is 0 Å². The normalized spacial score (nSPS) is 21.8. The molecule has 1 fully saturated rings. The summed E-state index contributed by atoms with van der Waals surface area (Å²) in [7, 11) is 0. The molecule has 1 amide bonds.